The summed E-state index contributed by atoms with van der Waals surface area (Å²) in [7, 11) is 0. The summed E-state index contributed by atoms with van der Waals surface area (Å²) in [6, 6.07) is 14.9. The van der Waals surface area contributed by atoms with Gasteiger partial charge in [-0.25, -0.2) is 4.39 Å². The highest BCUT2D eigenvalue weighted by molar-refractivity contribution is 5.93. The van der Waals surface area contributed by atoms with Gasteiger partial charge in [-0.15, -0.1) is 0 Å². The Bertz CT molecular complexity index is 998. The number of carbonyl (C=O) groups excluding carboxylic acids is 2. The molecule has 0 saturated carbocycles. The molecule has 188 valence electrons. The van der Waals surface area contributed by atoms with Gasteiger partial charge in [-0.3, -0.25) is 9.59 Å². The molecule has 2 aromatic carbocycles. The number of nitrogens with one attached hydrogen (secondary N) is 1. The van der Waals surface area contributed by atoms with Crippen LogP contribution >= 0.6 is 0 Å². The number of nitrogens with zero attached hydrogens (tertiary/aromatic N) is 2. The first-order valence-corrected chi connectivity index (χ1v) is 12.8. The highest BCUT2D eigenvalue weighted by Gasteiger charge is 2.35. The summed E-state index contributed by atoms with van der Waals surface area (Å²) < 4.78 is 20.3. The number of hydrogen-bond acceptors (Lipinski definition) is 4. The van der Waals surface area contributed by atoms with E-state index in [1.807, 2.05) is 54.0 Å². The molecule has 2 saturated heterocycles. The molecule has 2 unspecified atom stereocenters. The van der Waals surface area contributed by atoms with Crippen molar-refractivity contribution in [2.75, 3.05) is 49.6 Å². The first-order chi connectivity index (χ1) is 17.0. The predicted molar refractivity (Wildman–Crippen MR) is 136 cm³/mol. The highest BCUT2D eigenvalue weighted by Crippen LogP contribution is 2.36. The van der Waals surface area contributed by atoms with Crippen molar-refractivity contribution in [2.45, 2.75) is 39.0 Å². The predicted octanol–water partition coefficient (Wildman–Crippen LogP) is 4.67. The van der Waals surface area contributed by atoms with Crippen LogP contribution in [0.5, 0.6) is 0 Å². The first kappa shape index (κ1) is 25.2. The van der Waals surface area contributed by atoms with Crippen molar-refractivity contribution < 1.29 is 18.7 Å². The Morgan fingerprint density at radius 2 is 1.80 bits per heavy atom. The molecule has 2 heterocycles. The summed E-state index contributed by atoms with van der Waals surface area (Å²) in [5.41, 5.74) is 2.06. The van der Waals surface area contributed by atoms with E-state index in [0.717, 1.165) is 18.4 Å². The van der Waals surface area contributed by atoms with E-state index < -0.39 is 0 Å². The van der Waals surface area contributed by atoms with Gasteiger partial charge in [-0.2, -0.15) is 0 Å². The number of carbonyl (C=O) groups is 2. The Hall–Kier alpha value is -2.93. The molecule has 0 spiro atoms. The van der Waals surface area contributed by atoms with Crippen molar-refractivity contribution in [3.63, 3.8) is 0 Å². The highest BCUT2D eigenvalue weighted by atomic mass is 19.1. The third-order valence-corrected chi connectivity index (χ3v) is 7.37. The summed E-state index contributed by atoms with van der Waals surface area (Å²) in [4.78, 5) is 29.7. The number of piperidine rings is 1. The molecule has 4 rings (SSSR count). The van der Waals surface area contributed by atoms with Crippen LogP contribution in [0.15, 0.2) is 48.5 Å². The summed E-state index contributed by atoms with van der Waals surface area (Å²) in [5, 5.41) is 2.81. The normalized spacial score (nSPS) is 19.4. The van der Waals surface area contributed by atoms with Crippen LogP contribution < -0.4 is 10.2 Å². The van der Waals surface area contributed by atoms with Crippen molar-refractivity contribution in [1.29, 1.82) is 0 Å². The molecule has 0 radical (unpaired) electrons. The molecule has 1 N–H and O–H groups in total. The largest absolute Gasteiger partial charge is 0.381 e. The fourth-order valence-corrected chi connectivity index (χ4v) is 5.31. The number of hydrogen-bond donors (Lipinski definition) is 1. The molecular formula is C28H36FN3O3. The van der Waals surface area contributed by atoms with Crippen LogP contribution in [-0.2, 0) is 14.3 Å². The minimum Gasteiger partial charge on any atom is -0.381 e. The van der Waals surface area contributed by atoms with Gasteiger partial charge in [0.1, 0.15) is 5.82 Å². The number of ether oxygens (including phenoxy) is 1. The van der Waals surface area contributed by atoms with Crippen LogP contribution in [-0.4, -0.2) is 56.1 Å². The summed E-state index contributed by atoms with van der Waals surface area (Å²) in [6.45, 7) is 7.79. The molecule has 35 heavy (non-hydrogen) atoms. The van der Waals surface area contributed by atoms with E-state index in [9.17, 15) is 9.59 Å². The average molecular weight is 482 g/mol. The maximum Gasteiger partial charge on any atom is 0.230 e. The van der Waals surface area contributed by atoms with Crippen LogP contribution in [0.2, 0.25) is 0 Å². The number of halogens is 1. The zero-order valence-corrected chi connectivity index (χ0v) is 20.7. The lowest BCUT2D eigenvalue weighted by Crippen LogP contribution is -2.42. The average Bonchev–Trinajstić information content (AvgIpc) is 3.42. The third kappa shape index (κ3) is 5.84. The van der Waals surface area contributed by atoms with Crippen molar-refractivity contribution in [2.24, 2.45) is 11.8 Å². The first-order valence-electron chi connectivity index (χ1n) is 12.8. The molecule has 2 amide bonds. The van der Waals surface area contributed by atoms with Gasteiger partial charge in [0, 0.05) is 38.5 Å². The van der Waals surface area contributed by atoms with Gasteiger partial charge in [0.15, 0.2) is 0 Å². The van der Waals surface area contributed by atoms with Gasteiger partial charge in [0.05, 0.1) is 24.1 Å². The van der Waals surface area contributed by atoms with E-state index in [1.165, 1.54) is 6.07 Å². The smallest absolute Gasteiger partial charge is 0.230 e. The topological polar surface area (TPSA) is 61.9 Å². The molecule has 6 nitrogen and oxygen atoms in total. The Labute approximate surface area is 207 Å². The van der Waals surface area contributed by atoms with Crippen molar-refractivity contribution in [3.8, 4) is 0 Å². The maximum absolute atomic E-state index is 15.0. The zero-order chi connectivity index (χ0) is 24.8. The lowest BCUT2D eigenvalue weighted by molar-refractivity contribution is -0.134. The van der Waals surface area contributed by atoms with E-state index in [4.69, 9.17) is 4.74 Å². The van der Waals surface area contributed by atoms with Crippen LogP contribution in [0.1, 0.15) is 44.6 Å². The number of rotatable bonds is 8. The molecule has 0 bridgehead atoms. The number of anilines is 2. The molecular weight excluding hydrogens is 445 g/mol. The number of amides is 2. The van der Waals surface area contributed by atoms with Gasteiger partial charge < -0.3 is 19.9 Å². The zero-order valence-electron chi connectivity index (χ0n) is 20.7. The van der Waals surface area contributed by atoms with Gasteiger partial charge in [0.25, 0.3) is 0 Å². The monoisotopic (exact) mass is 481 g/mol. The van der Waals surface area contributed by atoms with Crippen LogP contribution in [0.25, 0.3) is 0 Å². The molecule has 2 aliphatic rings. The summed E-state index contributed by atoms with van der Waals surface area (Å²) in [5.74, 6) is -0.438. The third-order valence-electron chi connectivity index (χ3n) is 7.37. The second-order valence-electron chi connectivity index (χ2n) is 9.44. The van der Waals surface area contributed by atoms with E-state index in [-0.39, 0.29) is 35.4 Å². The van der Waals surface area contributed by atoms with E-state index >= 15 is 4.39 Å². The fourth-order valence-electron chi connectivity index (χ4n) is 5.31. The molecule has 0 aliphatic carbocycles. The van der Waals surface area contributed by atoms with Crippen LogP contribution in [0, 0.1) is 17.7 Å². The molecule has 2 aliphatic heterocycles. The standard InChI is InChI=1S/C28H36FN3O3/c1-3-31(4-2)28(34)26(20-8-6-5-7-9-20)21-12-15-32(16-13-21)25-11-10-23(18-24(25)29)30-27(33)22-14-17-35-19-22/h5-11,18,21-22,26H,3-4,12-17,19H2,1-2H3,(H,30,33). The van der Waals surface area contributed by atoms with Gasteiger partial charge in [-0.05, 0) is 62.8 Å². The second-order valence-corrected chi connectivity index (χ2v) is 9.44. The fraction of sp³-hybridized carbons (Fsp3) is 0.500. The minimum atomic E-state index is -0.345. The lowest BCUT2D eigenvalue weighted by Gasteiger charge is -2.38. The van der Waals surface area contributed by atoms with E-state index in [1.54, 1.807) is 12.1 Å². The van der Waals surface area contributed by atoms with Crippen molar-refractivity contribution in [3.05, 3.63) is 59.9 Å². The summed E-state index contributed by atoms with van der Waals surface area (Å²) >= 11 is 0. The number of benzene rings is 2. The Morgan fingerprint density at radius 1 is 1.09 bits per heavy atom. The minimum absolute atomic E-state index is 0.125. The molecule has 0 aromatic heterocycles. The molecule has 2 fully saturated rings. The SMILES string of the molecule is CCN(CC)C(=O)C(c1ccccc1)C1CCN(c2ccc(NC(=O)C3CCOC3)cc2F)CC1. The van der Waals surface area contributed by atoms with Gasteiger partial charge >= 0.3 is 0 Å². The Kier molecular flexibility index (Phi) is 8.39. The van der Waals surface area contributed by atoms with Crippen LogP contribution in [0.4, 0.5) is 15.8 Å². The van der Waals surface area contributed by atoms with Gasteiger partial charge in [-0.1, -0.05) is 30.3 Å². The van der Waals surface area contributed by atoms with Crippen LogP contribution in [0.3, 0.4) is 0 Å². The second kappa shape index (κ2) is 11.7. The Balaban J connectivity index is 1.43. The number of likely N-dealkylation sites (N-methyl/N-ethyl adjacent to an activating group) is 1. The Morgan fingerprint density at radius 3 is 2.40 bits per heavy atom. The summed E-state index contributed by atoms with van der Waals surface area (Å²) in [6.07, 6.45) is 2.32. The van der Waals surface area contributed by atoms with E-state index in [0.29, 0.717) is 57.2 Å². The molecule has 2 atom stereocenters. The van der Waals surface area contributed by atoms with E-state index in [2.05, 4.69) is 5.32 Å². The maximum atomic E-state index is 15.0. The lowest BCUT2D eigenvalue weighted by atomic mass is 9.79. The molecule has 2 aromatic rings. The van der Waals surface area contributed by atoms with Gasteiger partial charge in [0.2, 0.25) is 11.8 Å². The van der Waals surface area contributed by atoms with Crippen molar-refractivity contribution in [1.82, 2.24) is 4.90 Å². The molecule has 7 heteroatoms. The quantitative estimate of drug-likeness (QED) is 0.595. The van der Waals surface area contributed by atoms with Crippen molar-refractivity contribution >= 4 is 23.2 Å².